The van der Waals surface area contributed by atoms with E-state index in [0.717, 1.165) is 0 Å². The van der Waals surface area contributed by atoms with Gasteiger partial charge >= 0.3 is 0 Å². The van der Waals surface area contributed by atoms with Crippen molar-refractivity contribution >= 4 is 22.7 Å². The maximum atomic E-state index is 11.6. The lowest BCUT2D eigenvalue weighted by Crippen LogP contribution is -2.09. The van der Waals surface area contributed by atoms with Crippen LogP contribution in [0.3, 0.4) is 0 Å². The van der Waals surface area contributed by atoms with Gasteiger partial charge in [-0.25, -0.2) is 0 Å². The molecule has 0 saturated heterocycles. The predicted molar refractivity (Wildman–Crippen MR) is 72.9 cm³/mol. The smallest absolute Gasteiger partial charge is 0.280 e. The van der Waals surface area contributed by atoms with E-state index < -0.39 is 11.4 Å². The van der Waals surface area contributed by atoms with Crippen LogP contribution in [0, 0.1) is 11.3 Å². The number of nitriles is 1. The molecule has 0 spiro atoms. The quantitative estimate of drug-likeness (QED) is 0.481. The summed E-state index contributed by atoms with van der Waals surface area (Å²) in [5.41, 5.74) is 10.7. The van der Waals surface area contributed by atoms with Gasteiger partial charge in [-0.3, -0.25) is 9.78 Å². The lowest BCUT2D eigenvalue weighted by molar-refractivity contribution is 0.450. The number of anilines is 2. The molecule has 0 saturated carbocycles. The van der Waals surface area contributed by atoms with Crippen molar-refractivity contribution in [3.8, 4) is 11.9 Å². The van der Waals surface area contributed by atoms with Crippen LogP contribution in [0.2, 0.25) is 0 Å². The fraction of sp³-hybridized carbons (Fsp3) is 0. The first-order chi connectivity index (χ1) is 9.52. The third-order valence-electron chi connectivity index (χ3n) is 2.48. The number of nitrogen functional groups attached to an aromatic ring is 2. The molecule has 0 radical (unpaired) electrons. The minimum atomic E-state index is -0.738. The third-order valence-corrected chi connectivity index (χ3v) is 2.48. The Labute approximate surface area is 113 Å². The average Bonchev–Trinajstić information content (AvgIpc) is 2.40. The van der Waals surface area contributed by atoms with Crippen LogP contribution in [0.4, 0.5) is 22.7 Å². The zero-order valence-electron chi connectivity index (χ0n) is 10.2. The Morgan fingerprint density at radius 1 is 1.20 bits per heavy atom. The molecule has 0 fully saturated rings. The first-order valence-electron chi connectivity index (χ1n) is 5.45. The molecule has 0 atom stereocenters. The van der Waals surface area contributed by atoms with Crippen molar-refractivity contribution in [2.75, 3.05) is 11.5 Å². The van der Waals surface area contributed by atoms with Gasteiger partial charge in [0.05, 0.1) is 11.4 Å². The molecule has 8 nitrogen and oxygen atoms in total. The average molecular weight is 270 g/mol. The van der Waals surface area contributed by atoms with Crippen molar-refractivity contribution in [3.05, 3.63) is 40.2 Å². The highest BCUT2D eigenvalue weighted by molar-refractivity contribution is 5.71. The summed E-state index contributed by atoms with van der Waals surface area (Å²) in [6, 6.07) is 8.13. The fourth-order valence-electron chi connectivity index (χ4n) is 1.46. The van der Waals surface area contributed by atoms with E-state index in [1.165, 1.54) is 0 Å². The molecule has 2 aromatic rings. The predicted octanol–water partition coefficient (Wildman–Crippen LogP) is 1.53. The zero-order chi connectivity index (χ0) is 14.7. The highest BCUT2D eigenvalue weighted by atomic mass is 16.3. The molecule has 1 aromatic heterocycles. The molecular formula is C12H10N6O2. The first-order valence-corrected chi connectivity index (χ1v) is 5.45. The number of aromatic hydroxyl groups is 1. The van der Waals surface area contributed by atoms with E-state index in [4.69, 9.17) is 16.7 Å². The van der Waals surface area contributed by atoms with Crippen LogP contribution in [0.1, 0.15) is 5.56 Å². The minimum Gasteiger partial charge on any atom is -0.494 e. The second kappa shape index (κ2) is 5.11. The van der Waals surface area contributed by atoms with E-state index in [1.54, 1.807) is 30.3 Å². The Kier molecular flexibility index (Phi) is 3.35. The number of hydrogen-bond donors (Lipinski definition) is 4. The van der Waals surface area contributed by atoms with E-state index in [9.17, 15) is 9.90 Å². The number of benzene rings is 1. The Balaban J connectivity index is 2.47. The molecule has 6 N–H and O–H groups in total. The SMILES string of the molecule is N#Cc1c(O)[nH]c(=O)c(N=Nc2ccc(N)cc2)c1N. The maximum Gasteiger partial charge on any atom is 0.280 e. The number of nitrogens with one attached hydrogen (secondary N) is 1. The summed E-state index contributed by atoms with van der Waals surface area (Å²) in [6.45, 7) is 0. The standard InChI is InChI=1S/C12H10N6O2/c13-5-8-9(15)10(12(20)16-11(8)19)18-17-7-3-1-6(14)2-4-7/h1-4H,14H2,(H4,15,16,19,20). The molecule has 0 aliphatic heterocycles. The molecule has 20 heavy (non-hydrogen) atoms. The van der Waals surface area contributed by atoms with Gasteiger partial charge < -0.3 is 16.6 Å². The number of aromatic amines is 1. The Morgan fingerprint density at radius 2 is 1.85 bits per heavy atom. The summed E-state index contributed by atoms with van der Waals surface area (Å²) in [6.07, 6.45) is 0. The molecule has 1 heterocycles. The number of nitrogens with two attached hydrogens (primary N) is 2. The second-order valence-corrected chi connectivity index (χ2v) is 3.84. The summed E-state index contributed by atoms with van der Waals surface area (Å²) < 4.78 is 0. The van der Waals surface area contributed by atoms with Crippen molar-refractivity contribution < 1.29 is 5.11 Å². The van der Waals surface area contributed by atoms with E-state index in [0.29, 0.717) is 11.4 Å². The molecular weight excluding hydrogens is 260 g/mol. The molecule has 0 amide bonds. The Hall–Kier alpha value is -3.34. The number of pyridine rings is 1. The number of aromatic nitrogens is 1. The summed E-state index contributed by atoms with van der Waals surface area (Å²) in [7, 11) is 0. The van der Waals surface area contributed by atoms with Crippen LogP contribution in [0.15, 0.2) is 39.3 Å². The van der Waals surface area contributed by atoms with Crippen LogP contribution in [0.25, 0.3) is 0 Å². The van der Waals surface area contributed by atoms with Crippen LogP contribution < -0.4 is 17.0 Å². The minimum absolute atomic E-state index is 0.229. The third kappa shape index (κ3) is 2.41. The van der Waals surface area contributed by atoms with Gasteiger partial charge in [-0.15, -0.1) is 5.11 Å². The van der Waals surface area contributed by atoms with Crippen molar-refractivity contribution in [1.29, 1.82) is 5.26 Å². The number of azo groups is 1. The van der Waals surface area contributed by atoms with E-state index in [2.05, 4.69) is 15.2 Å². The molecule has 0 bridgehead atoms. The molecule has 1 aromatic carbocycles. The molecule has 0 aliphatic carbocycles. The van der Waals surface area contributed by atoms with Crippen LogP contribution in [-0.4, -0.2) is 10.1 Å². The van der Waals surface area contributed by atoms with Gasteiger partial charge in [-0.1, -0.05) is 0 Å². The second-order valence-electron chi connectivity index (χ2n) is 3.84. The van der Waals surface area contributed by atoms with Gasteiger partial charge in [0.1, 0.15) is 11.6 Å². The van der Waals surface area contributed by atoms with Gasteiger partial charge in [0, 0.05) is 5.69 Å². The summed E-state index contributed by atoms with van der Waals surface area (Å²) in [5.74, 6) is -0.596. The van der Waals surface area contributed by atoms with Gasteiger partial charge in [0.2, 0.25) is 5.88 Å². The van der Waals surface area contributed by atoms with Gasteiger partial charge in [-0.05, 0) is 24.3 Å². The normalized spacial score (nSPS) is 10.6. The summed E-state index contributed by atoms with van der Waals surface area (Å²) in [4.78, 5) is 13.7. The van der Waals surface area contributed by atoms with Crippen LogP contribution in [-0.2, 0) is 0 Å². The van der Waals surface area contributed by atoms with Gasteiger partial charge in [0.15, 0.2) is 5.69 Å². The zero-order valence-corrected chi connectivity index (χ0v) is 10.2. The fourth-order valence-corrected chi connectivity index (χ4v) is 1.46. The molecule has 0 unspecified atom stereocenters. The topological polar surface area (TPSA) is 154 Å². The Bertz CT molecular complexity index is 770. The van der Waals surface area contributed by atoms with Gasteiger partial charge in [0.25, 0.3) is 5.56 Å². The molecule has 0 aliphatic rings. The van der Waals surface area contributed by atoms with E-state index in [1.807, 2.05) is 0 Å². The number of H-pyrrole nitrogens is 1. The molecule has 2 rings (SSSR count). The monoisotopic (exact) mass is 270 g/mol. The lowest BCUT2D eigenvalue weighted by atomic mass is 10.2. The van der Waals surface area contributed by atoms with Gasteiger partial charge in [-0.2, -0.15) is 10.4 Å². The maximum absolute atomic E-state index is 11.6. The van der Waals surface area contributed by atoms with Crippen molar-refractivity contribution in [1.82, 2.24) is 4.98 Å². The van der Waals surface area contributed by atoms with E-state index in [-0.39, 0.29) is 16.9 Å². The highest BCUT2D eigenvalue weighted by Crippen LogP contribution is 2.27. The van der Waals surface area contributed by atoms with Crippen LogP contribution in [0.5, 0.6) is 5.88 Å². The first kappa shape index (κ1) is 13.1. The number of nitrogens with zero attached hydrogens (tertiary/aromatic N) is 3. The van der Waals surface area contributed by atoms with Crippen molar-refractivity contribution in [2.24, 2.45) is 10.2 Å². The summed E-state index contributed by atoms with van der Waals surface area (Å²) in [5, 5.41) is 25.7. The van der Waals surface area contributed by atoms with Crippen molar-refractivity contribution in [3.63, 3.8) is 0 Å². The van der Waals surface area contributed by atoms with E-state index >= 15 is 0 Å². The van der Waals surface area contributed by atoms with Crippen molar-refractivity contribution in [2.45, 2.75) is 0 Å². The number of hydrogen-bond acceptors (Lipinski definition) is 7. The Morgan fingerprint density at radius 3 is 2.45 bits per heavy atom. The number of rotatable bonds is 2. The molecule has 100 valence electrons. The molecule has 8 heteroatoms. The summed E-state index contributed by atoms with van der Waals surface area (Å²) >= 11 is 0. The van der Waals surface area contributed by atoms with Crippen LogP contribution >= 0.6 is 0 Å². The highest BCUT2D eigenvalue weighted by Gasteiger charge is 2.14. The lowest BCUT2D eigenvalue weighted by Gasteiger charge is -2.02. The largest absolute Gasteiger partial charge is 0.494 e.